The lowest BCUT2D eigenvalue weighted by atomic mass is 10.2. The fourth-order valence-corrected chi connectivity index (χ4v) is 2.70. The largest absolute Gasteiger partial charge is 0.496 e. The molecule has 0 aliphatic heterocycles. The smallest absolute Gasteiger partial charge is 0.142 e. The summed E-state index contributed by atoms with van der Waals surface area (Å²) in [5, 5.41) is 4.03. The van der Waals surface area contributed by atoms with Gasteiger partial charge in [-0.25, -0.2) is 0 Å². The molecule has 2 rings (SSSR count). The maximum atomic E-state index is 6.04. The molecule has 5 heteroatoms. The Morgan fingerprint density at radius 2 is 1.90 bits per heavy atom. The van der Waals surface area contributed by atoms with Gasteiger partial charge in [0.2, 0.25) is 0 Å². The molecule has 0 saturated carbocycles. The van der Waals surface area contributed by atoms with E-state index in [-0.39, 0.29) is 0 Å². The van der Waals surface area contributed by atoms with Crippen molar-refractivity contribution in [2.24, 2.45) is 0 Å². The van der Waals surface area contributed by atoms with Gasteiger partial charge in [0.05, 0.1) is 23.9 Å². The molecule has 1 N–H and O–H groups in total. The number of ether oxygens (including phenoxy) is 2. The highest BCUT2D eigenvalue weighted by molar-refractivity contribution is 9.10. The number of hydrogen-bond acceptors (Lipinski definition) is 3. The van der Waals surface area contributed by atoms with Crippen LogP contribution in [0.25, 0.3) is 0 Å². The Morgan fingerprint density at radius 3 is 2.57 bits per heavy atom. The van der Waals surface area contributed by atoms with E-state index in [1.54, 1.807) is 7.11 Å². The van der Waals surface area contributed by atoms with Crippen LogP contribution in [0.1, 0.15) is 12.5 Å². The van der Waals surface area contributed by atoms with Crippen molar-refractivity contribution in [3.8, 4) is 11.5 Å². The minimum Gasteiger partial charge on any atom is -0.496 e. The quantitative estimate of drug-likeness (QED) is 0.765. The van der Waals surface area contributed by atoms with E-state index in [1.165, 1.54) is 0 Å². The monoisotopic (exact) mass is 369 g/mol. The molecule has 112 valence electrons. The molecule has 2 aromatic carbocycles. The third kappa shape index (κ3) is 4.29. The topological polar surface area (TPSA) is 30.5 Å². The number of anilines is 1. The molecule has 0 heterocycles. The fraction of sp³-hybridized carbons (Fsp3) is 0.250. The highest BCUT2D eigenvalue weighted by atomic mass is 79.9. The van der Waals surface area contributed by atoms with Crippen LogP contribution in [-0.2, 0) is 6.54 Å². The van der Waals surface area contributed by atoms with Crippen LogP contribution in [0, 0.1) is 0 Å². The van der Waals surface area contributed by atoms with Gasteiger partial charge in [-0.15, -0.1) is 0 Å². The summed E-state index contributed by atoms with van der Waals surface area (Å²) in [6.45, 7) is 3.24. The summed E-state index contributed by atoms with van der Waals surface area (Å²) >= 11 is 9.53. The first-order valence-electron chi connectivity index (χ1n) is 6.62. The summed E-state index contributed by atoms with van der Waals surface area (Å²) in [6, 6.07) is 11.5. The second kappa shape index (κ2) is 7.57. The van der Waals surface area contributed by atoms with Gasteiger partial charge in [0.1, 0.15) is 11.5 Å². The second-order valence-corrected chi connectivity index (χ2v) is 5.69. The molecule has 0 unspecified atom stereocenters. The third-order valence-corrected chi connectivity index (χ3v) is 3.80. The summed E-state index contributed by atoms with van der Waals surface area (Å²) in [5.74, 6) is 1.62. The predicted molar refractivity (Wildman–Crippen MR) is 90.6 cm³/mol. The summed E-state index contributed by atoms with van der Waals surface area (Å²) in [4.78, 5) is 0. The van der Waals surface area contributed by atoms with E-state index in [4.69, 9.17) is 21.1 Å². The van der Waals surface area contributed by atoms with Crippen LogP contribution < -0.4 is 14.8 Å². The maximum Gasteiger partial charge on any atom is 0.142 e. The maximum absolute atomic E-state index is 6.04. The average molecular weight is 371 g/mol. The van der Waals surface area contributed by atoms with Gasteiger partial charge in [0.25, 0.3) is 0 Å². The zero-order valence-corrected chi connectivity index (χ0v) is 14.3. The molecule has 0 bridgehead atoms. The van der Waals surface area contributed by atoms with Crippen LogP contribution in [-0.4, -0.2) is 13.7 Å². The summed E-state index contributed by atoms with van der Waals surface area (Å²) in [5.41, 5.74) is 2.02. The molecular formula is C16H17BrClNO2. The average Bonchev–Trinajstić information content (AvgIpc) is 2.48. The molecule has 0 atom stereocenters. The Balaban J connectivity index is 2.12. The summed E-state index contributed by atoms with van der Waals surface area (Å²) < 4.78 is 11.7. The lowest BCUT2D eigenvalue weighted by Crippen LogP contribution is -2.03. The molecule has 0 aliphatic carbocycles. The fourth-order valence-electron chi connectivity index (χ4n) is 1.94. The van der Waals surface area contributed by atoms with Crippen LogP contribution in [0.15, 0.2) is 40.9 Å². The summed E-state index contributed by atoms with van der Waals surface area (Å²) in [7, 11) is 1.65. The number of rotatable bonds is 6. The molecule has 0 amide bonds. The molecular weight excluding hydrogens is 354 g/mol. The van der Waals surface area contributed by atoms with E-state index in [0.717, 1.165) is 27.2 Å². The van der Waals surface area contributed by atoms with E-state index in [0.29, 0.717) is 18.2 Å². The van der Waals surface area contributed by atoms with Gasteiger partial charge in [-0.3, -0.25) is 0 Å². The van der Waals surface area contributed by atoms with Crippen LogP contribution in [0.2, 0.25) is 5.02 Å². The minimum absolute atomic E-state index is 0.615. The van der Waals surface area contributed by atoms with Gasteiger partial charge in [-0.05, 0) is 58.7 Å². The van der Waals surface area contributed by atoms with Crippen LogP contribution >= 0.6 is 27.5 Å². The van der Waals surface area contributed by atoms with Crippen molar-refractivity contribution in [1.29, 1.82) is 0 Å². The Kier molecular flexibility index (Phi) is 5.76. The second-order valence-electron chi connectivity index (χ2n) is 4.40. The van der Waals surface area contributed by atoms with Crippen molar-refractivity contribution in [1.82, 2.24) is 0 Å². The lowest BCUT2D eigenvalue weighted by molar-refractivity contribution is 0.341. The molecule has 0 fully saturated rings. The Morgan fingerprint density at radius 1 is 1.14 bits per heavy atom. The normalized spacial score (nSPS) is 10.3. The van der Waals surface area contributed by atoms with E-state index in [2.05, 4.69) is 21.2 Å². The van der Waals surface area contributed by atoms with Gasteiger partial charge in [-0.2, -0.15) is 0 Å². The highest BCUT2D eigenvalue weighted by Crippen LogP contribution is 2.30. The van der Waals surface area contributed by atoms with Crippen molar-refractivity contribution < 1.29 is 9.47 Å². The van der Waals surface area contributed by atoms with Gasteiger partial charge < -0.3 is 14.8 Å². The van der Waals surface area contributed by atoms with Gasteiger partial charge in [0.15, 0.2) is 0 Å². The zero-order valence-electron chi connectivity index (χ0n) is 12.0. The summed E-state index contributed by atoms with van der Waals surface area (Å²) in [6.07, 6.45) is 0. The van der Waals surface area contributed by atoms with Crippen molar-refractivity contribution in [2.45, 2.75) is 13.5 Å². The molecule has 0 spiro atoms. The van der Waals surface area contributed by atoms with E-state index in [1.807, 2.05) is 43.3 Å². The molecule has 0 radical (unpaired) electrons. The number of nitrogens with one attached hydrogen (secondary N) is 1. The Hall–Kier alpha value is -1.39. The van der Waals surface area contributed by atoms with Crippen molar-refractivity contribution in [3.05, 3.63) is 51.5 Å². The standard InChI is InChI=1S/C16H17BrClNO2/c1-3-21-16-7-5-12(18)9-14(16)19-10-11-4-6-15(20-2)13(17)8-11/h4-9,19H,3,10H2,1-2H3. The molecule has 2 aromatic rings. The first-order chi connectivity index (χ1) is 10.1. The predicted octanol–water partition coefficient (Wildman–Crippen LogP) is 5.12. The van der Waals surface area contributed by atoms with Gasteiger partial charge in [0, 0.05) is 11.6 Å². The van der Waals surface area contributed by atoms with Gasteiger partial charge in [-0.1, -0.05) is 17.7 Å². The molecule has 21 heavy (non-hydrogen) atoms. The number of methoxy groups -OCH3 is 1. The molecule has 0 saturated heterocycles. The minimum atomic E-state index is 0.615. The van der Waals surface area contributed by atoms with E-state index >= 15 is 0 Å². The lowest BCUT2D eigenvalue weighted by Gasteiger charge is -2.13. The van der Waals surface area contributed by atoms with Crippen molar-refractivity contribution >= 4 is 33.2 Å². The Bertz CT molecular complexity index is 619. The SMILES string of the molecule is CCOc1ccc(Cl)cc1NCc1ccc(OC)c(Br)c1. The first-order valence-corrected chi connectivity index (χ1v) is 7.79. The Labute approximate surface area is 138 Å². The van der Waals surface area contributed by atoms with Crippen LogP contribution in [0.3, 0.4) is 0 Å². The highest BCUT2D eigenvalue weighted by Gasteiger charge is 2.06. The van der Waals surface area contributed by atoms with Crippen molar-refractivity contribution in [2.75, 3.05) is 19.0 Å². The third-order valence-electron chi connectivity index (χ3n) is 2.94. The van der Waals surface area contributed by atoms with E-state index in [9.17, 15) is 0 Å². The molecule has 0 aliphatic rings. The molecule has 0 aromatic heterocycles. The zero-order chi connectivity index (χ0) is 15.2. The van der Waals surface area contributed by atoms with Crippen LogP contribution in [0.4, 0.5) is 5.69 Å². The number of hydrogen-bond donors (Lipinski definition) is 1. The van der Waals surface area contributed by atoms with Crippen molar-refractivity contribution in [3.63, 3.8) is 0 Å². The van der Waals surface area contributed by atoms with Gasteiger partial charge >= 0.3 is 0 Å². The molecule has 3 nitrogen and oxygen atoms in total. The number of benzene rings is 2. The number of halogens is 2. The van der Waals surface area contributed by atoms with E-state index < -0.39 is 0 Å². The first kappa shape index (κ1) is 16.0. The van der Waals surface area contributed by atoms with Crippen LogP contribution in [0.5, 0.6) is 11.5 Å².